The van der Waals surface area contributed by atoms with Crippen LogP contribution in [0.3, 0.4) is 0 Å². The zero-order valence-corrected chi connectivity index (χ0v) is 19.9. The van der Waals surface area contributed by atoms with E-state index >= 15 is 0 Å². The second-order valence-electron chi connectivity index (χ2n) is 8.31. The topological polar surface area (TPSA) is 107 Å². The summed E-state index contributed by atoms with van der Waals surface area (Å²) in [4.78, 5) is 29.2. The summed E-state index contributed by atoms with van der Waals surface area (Å²) in [6.07, 6.45) is 4.58. The number of carbonyl (C=O) groups is 2. The van der Waals surface area contributed by atoms with Gasteiger partial charge in [0.25, 0.3) is 0 Å². The molecule has 0 radical (unpaired) electrons. The fourth-order valence-corrected chi connectivity index (χ4v) is 4.32. The average molecular weight is 476 g/mol. The van der Waals surface area contributed by atoms with Crippen LogP contribution in [0.2, 0.25) is 0 Å². The summed E-state index contributed by atoms with van der Waals surface area (Å²) in [6, 6.07) is 14.2. The van der Waals surface area contributed by atoms with Gasteiger partial charge in [-0.25, -0.2) is 14.6 Å². The number of nitrogens with zero attached hydrogens (tertiary/aromatic N) is 3. The monoisotopic (exact) mass is 475 g/mol. The maximum Gasteiger partial charge on any atom is 0.352 e. The molecule has 8 heteroatoms. The third kappa shape index (κ3) is 4.83. The van der Waals surface area contributed by atoms with Crippen LogP contribution in [0.25, 0.3) is 16.6 Å². The highest BCUT2D eigenvalue weighted by Gasteiger charge is 2.21. The number of aliphatic hydroxyl groups is 1. The Morgan fingerprint density at radius 1 is 1.09 bits per heavy atom. The molecule has 8 nitrogen and oxygen atoms in total. The smallest absolute Gasteiger partial charge is 0.352 e. The number of carbonyl (C=O) groups excluding carboxylic acids is 1. The van der Waals surface area contributed by atoms with Crippen molar-refractivity contribution in [2.75, 3.05) is 6.61 Å². The van der Waals surface area contributed by atoms with Gasteiger partial charge in [-0.3, -0.25) is 0 Å². The standard InChI is InChI=1S/C27H29N3O5/c1-3-5-10-25-28-15-20(17-31)29(25)16-18-11-12-22-19(13-18)14-24(26(32)33)30(22)23-9-7-6-8-21(23)27(34)35-4-2/h6-9,11-15,31H,3-5,10,16-17H2,1-2H3,(H,32,33). The van der Waals surface area contributed by atoms with E-state index in [9.17, 15) is 19.8 Å². The van der Waals surface area contributed by atoms with Crippen molar-refractivity contribution in [1.29, 1.82) is 0 Å². The van der Waals surface area contributed by atoms with E-state index in [4.69, 9.17) is 4.74 Å². The van der Waals surface area contributed by atoms with Gasteiger partial charge >= 0.3 is 11.9 Å². The summed E-state index contributed by atoms with van der Waals surface area (Å²) in [5, 5.41) is 20.5. The van der Waals surface area contributed by atoms with Crippen molar-refractivity contribution in [2.45, 2.75) is 46.3 Å². The lowest BCUT2D eigenvalue weighted by molar-refractivity contribution is 0.0525. The third-order valence-corrected chi connectivity index (χ3v) is 6.00. The van der Waals surface area contributed by atoms with Gasteiger partial charge in [-0.2, -0.15) is 0 Å². The van der Waals surface area contributed by atoms with Crippen LogP contribution in [0.5, 0.6) is 0 Å². The first kappa shape index (κ1) is 24.2. The van der Waals surface area contributed by atoms with Crippen LogP contribution in [0, 0.1) is 0 Å². The maximum absolute atomic E-state index is 12.6. The lowest BCUT2D eigenvalue weighted by atomic mass is 10.1. The predicted molar refractivity (Wildman–Crippen MR) is 132 cm³/mol. The molecule has 2 N–H and O–H groups in total. The molecule has 0 aliphatic carbocycles. The molecule has 0 unspecified atom stereocenters. The molecule has 2 aromatic carbocycles. The number of ether oxygens (including phenoxy) is 1. The lowest BCUT2D eigenvalue weighted by Crippen LogP contribution is -2.13. The van der Waals surface area contributed by atoms with Crippen LogP contribution < -0.4 is 0 Å². The normalized spacial score (nSPS) is 11.2. The van der Waals surface area contributed by atoms with E-state index in [1.54, 1.807) is 48.0 Å². The number of para-hydroxylation sites is 1. The van der Waals surface area contributed by atoms with Crippen molar-refractivity contribution in [2.24, 2.45) is 0 Å². The van der Waals surface area contributed by atoms with Crippen LogP contribution in [0.15, 0.2) is 54.7 Å². The Bertz CT molecular complexity index is 1370. The molecule has 4 aromatic rings. The minimum absolute atomic E-state index is 0.0520. The maximum atomic E-state index is 12.6. The summed E-state index contributed by atoms with van der Waals surface area (Å²) in [5.74, 6) is -0.683. The SMILES string of the molecule is CCCCc1ncc(CO)n1Cc1ccc2c(c1)cc(C(=O)O)n2-c1ccccc1C(=O)OCC. The minimum atomic E-state index is -1.10. The molecular formula is C27H29N3O5. The molecular weight excluding hydrogens is 446 g/mol. The van der Waals surface area contributed by atoms with Crippen molar-refractivity contribution in [3.05, 3.63) is 83.1 Å². The van der Waals surface area contributed by atoms with Gasteiger partial charge in [0.05, 0.1) is 41.9 Å². The van der Waals surface area contributed by atoms with Crippen LogP contribution >= 0.6 is 0 Å². The Labute approximate surface area is 203 Å². The zero-order valence-electron chi connectivity index (χ0n) is 19.9. The highest BCUT2D eigenvalue weighted by atomic mass is 16.5. The average Bonchev–Trinajstić information content (AvgIpc) is 3.43. The van der Waals surface area contributed by atoms with Crippen molar-refractivity contribution >= 4 is 22.8 Å². The molecule has 0 atom stereocenters. The summed E-state index contributed by atoms with van der Waals surface area (Å²) in [6.45, 7) is 4.48. The fourth-order valence-electron chi connectivity index (χ4n) is 4.32. The first-order valence-corrected chi connectivity index (χ1v) is 11.8. The first-order valence-electron chi connectivity index (χ1n) is 11.8. The molecule has 0 saturated carbocycles. The third-order valence-electron chi connectivity index (χ3n) is 6.00. The molecule has 0 aliphatic rings. The Morgan fingerprint density at radius 2 is 1.89 bits per heavy atom. The number of esters is 1. The summed E-state index contributed by atoms with van der Waals surface area (Å²) in [7, 11) is 0. The molecule has 0 bridgehead atoms. The van der Waals surface area contributed by atoms with E-state index < -0.39 is 11.9 Å². The fraction of sp³-hybridized carbons (Fsp3) is 0.296. The van der Waals surface area contributed by atoms with Crippen LogP contribution in [-0.4, -0.2) is 42.9 Å². The summed E-state index contributed by atoms with van der Waals surface area (Å²) < 4.78 is 8.79. The lowest BCUT2D eigenvalue weighted by Gasteiger charge is -2.14. The summed E-state index contributed by atoms with van der Waals surface area (Å²) >= 11 is 0. The van der Waals surface area contributed by atoms with Gasteiger partial charge in [0.1, 0.15) is 11.5 Å². The molecule has 4 rings (SSSR count). The molecule has 2 aromatic heterocycles. The quantitative estimate of drug-likeness (QED) is 0.325. The molecule has 2 heterocycles. The van der Waals surface area contributed by atoms with Crippen LogP contribution in [0.4, 0.5) is 0 Å². The Hall–Kier alpha value is -3.91. The van der Waals surface area contributed by atoms with E-state index in [2.05, 4.69) is 11.9 Å². The number of carboxylic acids is 1. The van der Waals surface area contributed by atoms with Gasteiger partial charge in [0.2, 0.25) is 0 Å². The zero-order chi connectivity index (χ0) is 24.9. The number of fused-ring (bicyclic) bond motifs is 1. The second-order valence-corrected chi connectivity index (χ2v) is 8.31. The van der Waals surface area contributed by atoms with Gasteiger partial charge in [-0.1, -0.05) is 31.5 Å². The van der Waals surface area contributed by atoms with Gasteiger partial charge < -0.3 is 24.1 Å². The number of aliphatic hydroxyl groups excluding tert-OH is 1. The van der Waals surface area contributed by atoms with E-state index in [1.807, 2.05) is 22.8 Å². The van der Waals surface area contributed by atoms with Crippen molar-refractivity contribution < 1.29 is 24.5 Å². The van der Waals surface area contributed by atoms with Gasteiger partial charge in [-0.15, -0.1) is 0 Å². The Balaban J connectivity index is 1.80. The minimum Gasteiger partial charge on any atom is -0.477 e. The van der Waals surface area contributed by atoms with Crippen molar-refractivity contribution in [3.63, 3.8) is 0 Å². The van der Waals surface area contributed by atoms with Crippen LogP contribution in [-0.2, 0) is 24.3 Å². The summed E-state index contributed by atoms with van der Waals surface area (Å²) in [5.41, 5.74) is 3.16. The number of imidazole rings is 1. The molecule has 0 amide bonds. The van der Waals surface area contributed by atoms with Crippen molar-refractivity contribution in [3.8, 4) is 5.69 Å². The Kier molecular flexibility index (Phi) is 7.31. The van der Waals surface area contributed by atoms with E-state index in [1.165, 1.54) is 0 Å². The number of aromatic carboxylic acids is 1. The van der Waals surface area contributed by atoms with Gasteiger partial charge in [0.15, 0.2) is 0 Å². The molecule has 0 spiro atoms. The molecule has 0 saturated heterocycles. The first-order chi connectivity index (χ1) is 17.0. The number of benzene rings is 2. The van der Waals surface area contributed by atoms with Gasteiger partial charge in [-0.05, 0) is 49.2 Å². The number of hydrogen-bond acceptors (Lipinski definition) is 5. The van der Waals surface area contributed by atoms with E-state index in [0.717, 1.165) is 41.7 Å². The number of aryl methyl sites for hydroxylation is 1. The number of carboxylic acid groups (broad SMARTS) is 1. The van der Waals surface area contributed by atoms with Crippen molar-refractivity contribution in [1.82, 2.24) is 14.1 Å². The number of unbranched alkanes of at least 4 members (excludes halogenated alkanes) is 1. The molecule has 182 valence electrons. The van der Waals surface area contributed by atoms with Gasteiger partial charge in [0, 0.05) is 18.4 Å². The van der Waals surface area contributed by atoms with E-state index in [-0.39, 0.29) is 18.9 Å². The number of hydrogen-bond donors (Lipinski definition) is 2. The van der Waals surface area contributed by atoms with E-state index in [0.29, 0.717) is 23.3 Å². The largest absolute Gasteiger partial charge is 0.477 e. The predicted octanol–water partition coefficient (Wildman–Crippen LogP) is 4.59. The molecule has 0 fully saturated rings. The highest BCUT2D eigenvalue weighted by Crippen LogP contribution is 2.28. The second kappa shape index (κ2) is 10.6. The molecule has 0 aliphatic heterocycles. The number of aromatic nitrogens is 3. The van der Waals surface area contributed by atoms with Crippen LogP contribution in [0.1, 0.15) is 64.6 Å². The molecule has 35 heavy (non-hydrogen) atoms. The highest BCUT2D eigenvalue weighted by molar-refractivity contribution is 5.99. The Morgan fingerprint density at radius 3 is 2.60 bits per heavy atom. The number of rotatable bonds is 10.